The predicted molar refractivity (Wildman–Crippen MR) is 52.6 cm³/mol. The summed E-state index contributed by atoms with van der Waals surface area (Å²) < 4.78 is 5.82. The second kappa shape index (κ2) is 4.33. The molecule has 1 unspecified atom stereocenters. The summed E-state index contributed by atoms with van der Waals surface area (Å²) in [6.07, 6.45) is 2.11. The van der Waals surface area contributed by atoms with Crippen molar-refractivity contribution in [3.05, 3.63) is 0 Å². The first-order chi connectivity index (χ1) is 4.84. The summed E-state index contributed by atoms with van der Waals surface area (Å²) in [6.45, 7) is 9.16. The molecule has 2 nitrogen and oxygen atoms in total. The molecular weight excluding hydrogens is 158 g/mol. The van der Waals surface area contributed by atoms with Crippen molar-refractivity contribution in [1.29, 1.82) is 0 Å². The molecule has 0 aliphatic carbocycles. The van der Waals surface area contributed by atoms with Crippen LogP contribution in [0.4, 0.5) is 0 Å². The van der Waals surface area contributed by atoms with Gasteiger partial charge in [-0.2, -0.15) is 4.18 Å². The van der Waals surface area contributed by atoms with E-state index in [1.807, 2.05) is 6.92 Å². The second-order valence-corrected chi connectivity index (χ2v) is 6.20. The highest BCUT2D eigenvalue weighted by Gasteiger charge is 2.32. The van der Waals surface area contributed by atoms with Crippen molar-refractivity contribution < 1.29 is 4.18 Å². The van der Waals surface area contributed by atoms with Crippen LogP contribution in [0.2, 0.25) is 0 Å². The van der Waals surface area contributed by atoms with Crippen molar-refractivity contribution in [2.45, 2.75) is 38.5 Å². The van der Waals surface area contributed by atoms with Crippen LogP contribution in [0.3, 0.4) is 0 Å². The fourth-order valence-electron chi connectivity index (χ4n) is 0.386. The number of hydrogen-bond donors (Lipinski definition) is 1. The van der Waals surface area contributed by atoms with Gasteiger partial charge in [0.1, 0.15) is 24.0 Å². The Kier molecular flexibility index (Phi) is 4.44. The summed E-state index contributed by atoms with van der Waals surface area (Å²) in [5.74, 6) is 0. The Bertz CT molecular complexity index is 109. The molecule has 2 atom stereocenters. The van der Waals surface area contributed by atoms with Gasteiger partial charge in [0.25, 0.3) is 0 Å². The summed E-state index contributed by atoms with van der Waals surface area (Å²) >= 11 is 0.0121. The van der Waals surface area contributed by atoms with Crippen molar-refractivity contribution in [3.63, 3.8) is 0 Å². The first-order valence-electron chi connectivity index (χ1n) is 3.89. The Hall–Kier alpha value is 0.270. The van der Waals surface area contributed by atoms with E-state index in [0.29, 0.717) is 6.61 Å². The van der Waals surface area contributed by atoms with Crippen LogP contribution in [-0.2, 0) is 15.4 Å². The van der Waals surface area contributed by atoms with Crippen LogP contribution in [0.5, 0.6) is 0 Å². The maximum absolute atomic E-state index is 5.57. The molecule has 0 aromatic rings. The average molecular weight is 178 g/mol. The lowest BCUT2D eigenvalue weighted by molar-refractivity contribution is 0.328. The van der Waals surface area contributed by atoms with E-state index in [0.717, 1.165) is 0 Å². The van der Waals surface area contributed by atoms with Gasteiger partial charge in [-0.05, 0) is 27.7 Å². The zero-order valence-corrected chi connectivity index (χ0v) is 8.99. The molecule has 0 aromatic carbocycles. The standard InChI is InChI=1S/C8H20NOS/c1-7(9)6-10-11(5)8(2,3)4/h7H,6,9H2,1-5H3/q+1/t7-,11?/m1/s1. The van der Waals surface area contributed by atoms with Gasteiger partial charge in [0.2, 0.25) is 0 Å². The van der Waals surface area contributed by atoms with Gasteiger partial charge in [0, 0.05) is 6.04 Å². The van der Waals surface area contributed by atoms with E-state index in [1.54, 1.807) is 0 Å². The third kappa shape index (κ3) is 5.53. The van der Waals surface area contributed by atoms with E-state index in [1.165, 1.54) is 0 Å². The van der Waals surface area contributed by atoms with Crippen LogP contribution in [0, 0.1) is 0 Å². The van der Waals surface area contributed by atoms with Crippen molar-refractivity contribution in [2.24, 2.45) is 5.73 Å². The Morgan fingerprint density at radius 2 is 1.91 bits per heavy atom. The van der Waals surface area contributed by atoms with Gasteiger partial charge in [-0.1, -0.05) is 0 Å². The molecule has 2 N–H and O–H groups in total. The third-order valence-electron chi connectivity index (χ3n) is 1.37. The first-order valence-corrected chi connectivity index (χ1v) is 5.44. The molecule has 3 heteroatoms. The Morgan fingerprint density at radius 3 is 2.18 bits per heavy atom. The molecule has 0 aromatic heterocycles. The fourth-order valence-corrected chi connectivity index (χ4v) is 1.16. The van der Waals surface area contributed by atoms with E-state index in [-0.39, 0.29) is 22.0 Å². The lowest BCUT2D eigenvalue weighted by atomic mass is 10.3. The molecule has 0 rings (SSSR count). The highest BCUT2D eigenvalue weighted by atomic mass is 32.2. The predicted octanol–water partition coefficient (Wildman–Crippen LogP) is 1.31. The minimum atomic E-state index is 0.0121. The Labute approximate surface area is 73.0 Å². The molecule has 0 bridgehead atoms. The SMILES string of the molecule is C[C@@H](N)CO[S+](C)C(C)(C)C. The lowest BCUT2D eigenvalue weighted by Crippen LogP contribution is -2.33. The zero-order chi connectivity index (χ0) is 9.07. The molecule has 0 spiro atoms. The molecular formula is C8H20NOS+. The Morgan fingerprint density at radius 1 is 1.45 bits per heavy atom. The normalized spacial score (nSPS) is 18.0. The Balaban J connectivity index is 3.61. The quantitative estimate of drug-likeness (QED) is 0.661. The van der Waals surface area contributed by atoms with Crippen LogP contribution >= 0.6 is 0 Å². The highest BCUT2D eigenvalue weighted by molar-refractivity contribution is 7.93. The molecule has 0 radical (unpaired) electrons. The minimum absolute atomic E-state index is 0.0121. The molecule has 0 fully saturated rings. The topological polar surface area (TPSA) is 35.2 Å². The van der Waals surface area contributed by atoms with Crippen LogP contribution < -0.4 is 5.73 Å². The molecule has 0 heterocycles. The lowest BCUT2D eigenvalue weighted by Gasteiger charge is -2.16. The van der Waals surface area contributed by atoms with Gasteiger partial charge in [-0.15, -0.1) is 0 Å². The van der Waals surface area contributed by atoms with Gasteiger partial charge >= 0.3 is 0 Å². The number of nitrogens with two attached hydrogens (primary N) is 1. The van der Waals surface area contributed by atoms with Gasteiger partial charge in [0.15, 0.2) is 4.75 Å². The van der Waals surface area contributed by atoms with Crippen LogP contribution in [0.1, 0.15) is 27.7 Å². The van der Waals surface area contributed by atoms with E-state index in [4.69, 9.17) is 9.92 Å². The van der Waals surface area contributed by atoms with Crippen LogP contribution in [0.15, 0.2) is 0 Å². The molecule has 0 aliphatic rings. The highest BCUT2D eigenvalue weighted by Crippen LogP contribution is 2.17. The molecule has 0 saturated heterocycles. The smallest absolute Gasteiger partial charge is 0.152 e. The third-order valence-corrected chi connectivity index (χ3v) is 3.58. The van der Waals surface area contributed by atoms with E-state index < -0.39 is 0 Å². The van der Waals surface area contributed by atoms with Crippen molar-refractivity contribution in [3.8, 4) is 0 Å². The fraction of sp³-hybridized carbons (Fsp3) is 1.00. The van der Waals surface area contributed by atoms with Gasteiger partial charge in [0.05, 0.1) is 0 Å². The largest absolute Gasteiger partial charge is 0.326 e. The summed E-state index contributed by atoms with van der Waals surface area (Å²) in [6, 6.07) is 0.146. The maximum Gasteiger partial charge on any atom is 0.152 e. The molecule has 0 aliphatic heterocycles. The minimum Gasteiger partial charge on any atom is -0.326 e. The summed E-state index contributed by atoms with van der Waals surface area (Å²) in [5, 5.41) is 0. The van der Waals surface area contributed by atoms with Crippen molar-refractivity contribution in [2.75, 3.05) is 12.9 Å². The maximum atomic E-state index is 5.57. The number of hydrogen-bond acceptors (Lipinski definition) is 2. The van der Waals surface area contributed by atoms with Crippen molar-refractivity contribution >= 4 is 11.2 Å². The van der Waals surface area contributed by atoms with Gasteiger partial charge < -0.3 is 5.73 Å². The average Bonchev–Trinajstić information content (AvgIpc) is 1.80. The van der Waals surface area contributed by atoms with Crippen molar-refractivity contribution in [1.82, 2.24) is 0 Å². The first kappa shape index (κ1) is 11.3. The summed E-state index contributed by atoms with van der Waals surface area (Å²) in [5.41, 5.74) is 5.56. The van der Waals surface area contributed by atoms with Gasteiger partial charge in [-0.25, -0.2) is 0 Å². The van der Waals surface area contributed by atoms with Crippen LogP contribution in [0.25, 0.3) is 0 Å². The molecule has 0 saturated carbocycles. The van der Waals surface area contributed by atoms with E-state index in [9.17, 15) is 0 Å². The zero-order valence-electron chi connectivity index (χ0n) is 8.18. The van der Waals surface area contributed by atoms with Crippen LogP contribution in [-0.4, -0.2) is 23.7 Å². The molecule has 11 heavy (non-hydrogen) atoms. The second-order valence-electron chi connectivity index (χ2n) is 3.83. The number of rotatable bonds is 3. The molecule has 0 amide bonds. The summed E-state index contributed by atoms with van der Waals surface area (Å²) in [7, 11) is 0. The summed E-state index contributed by atoms with van der Waals surface area (Å²) in [4.78, 5) is 0. The molecule has 68 valence electrons. The van der Waals surface area contributed by atoms with E-state index >= 15 is 0 Å². The monoisotopic (exact) mass is 178 g/mol. The van der Waals surface area contributed by atoms with Gasteiger partial charge in [-0.3, -0.25) is 0 Å². The van der Waals surface area contributed by atoms with E-state index in [2.05, 4.69) is 27.0 Å².